The Hall–Kier alpha value is -0.900. The van der Waals surface area contributed by atoms with Crippen molar-refractivity contribution in [3.8, 4) is 0 Å². The zero-order chi connectivity index (χ0) is 13.9. The van der Waals surface area contributed by atoms with Gasteiger partial charge in [-0.15, -0.1) is 0 Å². The fraction of sp³-hybridized carbons (Fsp3) is 0.647. The smallest absolute Gasteiger partial charge is 0.0236 e. The Morgan fingerprint density at radius 2 is 1.90 bits per heavy atom. The Kier molecular flexibility index (Phi) is 4.39. The molecule has 3 rings (SSSR count). The molecule has 2 aliphatic heterocycles. The second kappa shape index (κ2) is 6.25. The van der Waals surface area contributed by atoms with Crippen LogP contribution in [0.15, 0.2) is 30.3 Å². The van der Waals surface area contributed by atoms with Gasteiger partial charge in [0.1, 0.15) is 0 Å². The maximum atomic E-state index is 6.24. The molecule has 0 spiro atoms. The maximum absolute atomic E-state index is 6.24. The number of nitrogens with two attached hydrogens (primary N) is 1. The Labute approximate surface area is 122 Å². The summed E-state index contributed by atoms with van der Waals surface area (Å²) in [5.41, 5.74) is 7.67. The maximum Gasteiger partial charge on any atom is 0.0236 e. The molecule has 2 aliphatic rings. The van der Waals surface area contributed by atoms with Crippen molar-refractivity contribution in [2.45, 2.75) is 38.4 Å². The van der Waals surface area contributed by atoms with E-state index in [1.807, 2.05) is 0 Å². The number of hydrogen-bond donors (Lipinski definition) is 1. The third kappa shape index (κ3) is 3.22. The minimum absolute atomic E-state index is 0.368. The molecule has 3 atom stereocenters. The Morgan fingerprint density at radius 1 is 1.10 bits per heavy atom. The highest BCUT2D eigenvalue weighted by Gasteiger charge is 2.32. The highest BCUT2D eigenvalue weighted by molar-refractivity contribution is 5.14. The monoisotopic (exact) mass is 273 g/mol. The summed E-state index contributed by atoms with van der Waals surface area (Å²) in [6, 6.07) is 11.9. The van der Waals surface area contributed by atoms with Crippen LogP contribution < -0.4 is 5.73 Å². The van der Waals surface area contributed by atoms with E-state index in [-0.39, 0.29) is 0 Å². The number of benzene rings is 1. The summed E-state index contributed by atoms with van der Waals surface area (Å²) in [4.78, 5) is 5.22. The van der Waals surface area contributed by atoms with Crippen LogP contribution in [0.1, 0.15) is 25.3 Å². The summed E-state index contributed by atoms with van der Waals surface area (Å²) < 4.78 is 0. The van der Waals surface area contributed by atoms with Gasteiger partial charge in [0.15, 0.2) is 0 Å². The predicted molar refractivity (Wildman–Crippen MR) is 83.5 cm³/mol. The lowest BCUT2D eigenvalue weighted by Crippen LogP contribution is -2.51. The third-order valence-electron chi connectivity index (χ3n) is 5.06. The zero-order valence-corrected chi connectivity index (χ0v) is 12.5. The van der Waals surface area contributed by atoms with E-state index < -0.39 is 0 Å². The first-order valence-corrected chi connectivity index (χ1v) is 7.98. The standard InChI is InChI=1S/C17H27N3/c1-14-7-10-20(13-17(14)18)16-8-9-19(12-16)11-15-5-3-2-4-6-15/h2-6,14,16-17H,7-13,18H2,1H3. The van der Waals surface area contributed by atoms with Crippen LogP contribution in [0.3, 0.4) is 0 Å². The van der Waals surface area contributed by atoms with Crippen LogP contribution in [0.2, 0.25) is 0 Å². The average Bonchev–Trinajstić information content (AvgIpc) is 2.91. The van der Waals surface area contributed by atoms with Crippen LogP contribution in [-0.2, 0) is 6.54 Å². The van der Waals surface area contributed by atoms with Gasteiger partial charge in [-0.1, -0.05) is 37.3 Å². The van der Waals surface area contributed by atoms with Gasteiger partial charge >= 0.3 is 0 Å². The first kappa shape index (κ1) is 14.1. The molecule has 2 heterocycles. The molecule has 0 aromatic heterocycles. The van der Waals surface area contributed by atoms with E-state index in [9.17, 15) is 0 Å². The molecule has 3 unspecified atom stereocenters. The molecule has 3 nitrogen and oxygen atoms in total. The molecule has 2 saturated heterocycles. The van der Waals surface area contributed by atoms with E-state index in [1.165, 1.54) is 38.0 Å². The lowest BCUT2D eigenvalue weighted by Gasteiger charge is -2.38. The minimum Gasteiger partial charge on any atom is -0.326 e. The molecule has 1 aromatic rings. The van der Waals surface area contributed by atoms with E-state index in [4.69, 9.17) is 5.73 Å². The second-order valence-corrected chi connectivity index (χ2v) is 6.59. The molecule has 3 heteroatoms. The summed E-state index contributed by atoms with van der Waals surface area (Å²) in [5.74, 6) is 0.688. The van der Waals surface area contributed by atoms with Gasteiger partial charge in [0.2, 0.25) is 0 Å². The lowest BCUT2D eigenvalue weighted by molar-refractivity contribution is 0.121. The fourth-order valence-corrected chi connectivity index (χ4v) is 3.55. The number of nitrogens with zero attached hydrogens (tertiary/aromatic N) is 2. The van der Waals surface area contributed by atoms with Crippen molar-refractivity contribution in [3.05, 3.63) is 35.9 Å². The summed E-state index contributed by atoms with van der Waals surface area (Å²) in [6.07, 6.45) is 2.56. The van der Waals surface area contributed by atoms with Gasteiger partial charge in [-0.2, -0.15) is 0 Å². The molecule has 0 amide bonds. The van der Waals surface area contributed by atoms with Crippen molar-refractivity contribution in [2.75, 3.05) is 26.2 Å². The SMILES string of the molecule is CC1CCN(C2CCN(Cc3ccccc3)C2)CC1N. The van der Waals surface area contributed by atoms with E-state index >= 15 is 0 Å². The highest BCUT2D eigenvalue weighted by Crippen LogP contribution is 2.23. The van der Waals surface area contributed by atoms with Gasteiger partial charge in [0.25, 0.3) is 0 Å². The molecule has 2 fully saturated rings. The molecule has 20 heavy (non-hydrogen) atoms. The highest BCUT2D eigenvalue weighted by atomic mass is 15.3. The van der Waals surface area contributed by atoms with Crippen LogP contribution in [-0.4, -0.2) is 48.1 Å². The van der Waals surface area contributed by atoms with Crippen molar-refractivity contribution in [2.24, 2.45) is 11.7 Å². The normalized spacial score (nSPS) is 32.6. The van der Waals surface area contributed by atoms with Crippen molar-refractivity contribution in [1.82, 2.24) is 9.80 Å². The Bertz CT molecular complexity index is 420. The number of hydrogen-bond acceptors (Lipinski definition) is 3. The molecule has 0 radical (unpaired) electrons. The van der Waals surface area contributed by atoms with Crippen LogP contribution in [0, 0.1) is 5.92 Å². The molecule has 0 saturated carbocycles. The molecule has 110 valence electrons. The van der Waals surface area contributed by atoms with E-state index in [0.29, 0.717) is 12.0 Å². The van der Waals surface area contributed by atoms with E-state index in [2.05, 4.69) is 47.1 Å². The summed E-state index contributed by atoms with van der Waals surface area (Å²) >= 11 is 0. The van der Waals surface area contributed by atoms with Gasteiger partial charge in [0.05, 0.1) is 0 Å². The molecule has 0 aliphatic carbocycles. The minimum atomic E-state index is 0.368. The fourth-order valence-electron chi connectivity index (χ4n) is 3.55. The van der Waals surface area contributed by atoms with Gasteiger partial charge in [0, 0.05) is 38.3 Å². The van der Waals surface area contributed by atoms with Crippen molar-refractivity contribution < 1.29 is 0 Å². The van der Waals surface area contributed by atoms with Crippen LogP contribution >= 0.6 is 0 Å². The quantitative estimate of drug-likeness (QED) is 0.913. The number of piperidine rings is 1. The average molecular weight is 273 g/mol. The Balaban J connectivity index is 1.52. The van der Waals surface area contributed by atoms with E-state index in [0.717, 1.165) is 19.1 Å². The van der Waals surface area contributed by atoms with Crippen molar-refractivity contribution in [3.63, 3.8) is 0 Å². The summed E-state index contributed by atoms with van der Waals surface area (Å²) in [6.45, 7) is 8.13. The first-order chi connectivity index (χ1) is 9.72. The Morgan fingerprint density at radius 3 is 2.65 bits per heavy atom. The van der Waals surface area contributed by atoms with Crippen LogP contribution in [0.5, 0.6) is 0 Å². The molecule has 2 N–H and O–H groups in total. The van der Waals surface area contributed by atoms with E-state index in [1.54, 1.807) is 0 Å². The van der Waals surface area contributed by atoms with Gasteiger partial charge < -0.3 is 5.73 Å². The lowest BCUT2D eigenvalue weighted by atomic mass is 9.93. The molecule has 0 bridgehead atoms. The third-order valence-corrected chi connectivity index (χ3v) is 5.06. The van der Waals surface area contributed by atoms with Crippen LogP contribution in [0.4, 0.5) is 0 Å². The van der Waals surface area contributed by atoms with Gasteiger partial charge in [-0.3, -0.25) is 9.80 Å². The van der Waals surface area contributed by atoms with Crippen molar-refractivity contribution in [1.29, 1.82) is 0 Å². The summed E-state index contributed by atoms with van der Waals surface area (Å²) in [5, 5.41) is 0. The zero-order valence-electron chi connectivity index (χ0n) is 12.5. The van der Waals surface area contributed by atoms with Crippen molar-refractivity contribution >= 4 is 0 Å². The molecular formula is C17H27N3. The molecular weight excluding hydrogens is 246 g/mol. The number of rotatable bonds is 3. The largest absolute Gasteiger partial charge is 0.326 e. The number of likely N-dealkylation sites (tertiary alicyclic amines) is 2. The van der Waals surface area contributed by atoms with Gasteiger partial charge in [-0.05, 0) is 30.9 Å². The van der Waals surface area contributed by atoms with Gasteiger partial charge in [-0.25, -0.2) is 0 Å². The topological polar surface area (TPSA) is 32.5 Å². The summed E-state index contributed by atoms with van der Waals surface area (Å²) in [7, 11) is 0. The predicted octanol–water partition coefficient (Wildman–Crippen LogP) is 1.93. The molecule has 1 aromatic carbocycles. The van der Waals surface area contributed by atoms with Crippen LogP contribution in [0.25, 0.3) is 0 Å². The second-order valence-electron chi connectivity index (χ2n) is 6.59. The first-order valence-electron chi connectivity index (χ1n) is 7.98.